The summed E-state index contributed by atoms with van der Waals surface area (Å²) in [7, 11) is 0. The van der Waals surface area contributed by atoms with Crippen molar-refractivity contribution in [2.75, 3.05) is 6.61 Å². The molecule has 1 unspecified atom stereocenters. The van der Waals surface area contributed by atoms with Gasteiger partial charge in [-0.3, -0.25) is 0 Å². The Hall–Kier alpha value is -1.72. The molecule has 1 aromatic heterocycles. The number of nitrogens with zero attached hydrogens (tertiary/aromatic N) is 3. The molecule has 0 spiro atoms. The van der Waals surface area contributed by atoms with Gasteiger partial charge in [-0.2, -0.15) is 0 Å². The fourth-order valence-electron chi connectivity index (χ4n) is 2.59. The molecule has 0 bridgehead atoms. The Morgan fingerprint density at radius 2 is 2.14 bits per heavy atom. The Labute approximate surface area is 131 Å². The summed E-state index contributed by atoms with van der Waals surface area (Å²) in [6.45, 7) is 5.45. The quantitative estimate of drug-likeness (QED) is 0.850. The second kappa shape index (κ2) is 7.03. The van der Waals surface area contributed by atoms with Gasteiger partial charge in [-0.05, 0) is 38.7 Å². The van der Waals surface area contributed by atoms with Crippen molar-refractivity contribution in [1.82, 2.24) is 15.0 Å². The maximum Gasteiger partial charge on any atom is 0.158 e. The average Bonchev–Trinajstić information content (AvgIpc) is 3.03. The van der Waals surface area contributed by atoms with Crippen molar-refractivity contribution < 1.29 is 9.47 Å². The van der Waals surface area contributed by atoms with Crippen molar-refractivity contribution >= 4 is 0 Å². The third kappa shape index (κ3) is 3.72. The van der Waals surface area contributed by atoms with Gasteiger partial charge in [-0.15, -0.1) is 5.10 Å². The minimum atomic E-state index is -0.0894. The molecule has 1 saturated heterocycles. The van der Waals surface area contributed by atoms with Crippen LogP contribution in [0.25, 0.3) is 0 Å². The fourth-order valence-corrected chi connectivity index (χ4v) is 2.59. The second-order valence-electron chi connectivity index (χ2n) is 5.88. The highest BCUT2D eigenvalue weighted by molar-refractivity contribution is 5.24. The van der Waals surface area contributed by atoms with Crippen LogP contribution in [-0.4, -0.2) is 27.9 Å². The molecule has 5 heteroatoms. The second-order valence-corrected chi connectivity index (χ2v) is 5.88. The Bertz CT molecular complexity index is 588. The van der Waals surface area contributed by atoms with E-state index < -0.39 is 0 Å². The van der Waals surface area contributed by atoms with Crippen LogP contribution in [0.5, 0.6) is 0 Å². The van der Waals surface area contributed by atoms with Crippen molar-refractivity contribution in [2.45, 2.75) is 52.0 Å². The lowest BCUT2D eigenvalue weighted by atomic mass is 10.1. The van der Waals surface area contributed by atoms with Gasteiger partial charge >= 0.3 is 0 Å². The van der Waals surface area contributed by atoms with E-state index in [9.17, 15) is 0 Å². The monoisotopic (exact) mass is 301 g/mol. The normalized spacial score (nSPS) is 20.0. The summed E-state index contributed by atoms with van der Waals surface area (Å²) in [5.74, 6) is 0. The minimum absolute atomic E-state index is 0.0894. The van der Waals surface area contributed by atoms with E-state index in [-0.39, 0.29) is 12.3 Å². The Morgan fingerprint density at radius 1 is 1.32 bits per heavy atom. The number of rotatable bonds is 5. The number of hydrogen-bond donors (Lipinski definition) is 0. The van der Waals surface area contributed by atoms with Gasteiger partial charge in [0, 0.05) is 6.61 Å². The molecule has 2 atom stereocenters. The number of ether oxygens (including phenoxy) is 2. The van der Waals surface area contributed by atoms with Crippen molar-refractivity contribution in [3.63, 3.8) is 0 Å². The predicted octanol–water partition coefficient (Wildman–Crippen LogP) is 3.24. The van der Waals surface area contributed by atoms with Crippen LogP contribution in [0.4, 0.5) is 0 Å². The first-order valence-electron chi connectivity index (χ1n) is 7.93. The summed E-state index contributed by atoms with van der Waals surface area (Å²) < 4.78 is 13.2. The molecule has 2 heterocycles. The Morgan fingerprint density at radius 3 is 2.86 bits per heavy atom. The van der Waals surface area contributed by atoms with Gasteiger partial charge < -0.3 is 9.47 Å². The summed E-state index contributed by atoms with van der Waals surface area (Å²) in [5.41, 5.74) is 3.32. The van der Waals surface area contributed by atoms with Gasteiger partial charge in [0.25, 0.3) is 0 Å². The smallest absolute Gasteiger partial charge is 0.158 e. The Balaban J connectivity index is 1.59. The minimum Gasteiger partial charge on any atom is -0.353 e. The lowest BCUT2D eigenvalue weighted by molar-refractivity contribution is -0.169. The van der Waals surface area contributed by atoms with E-state index in [0.29, 0.717) is 6.61 Å². The zero-order chi connectivity index (χ0) is 15.4. The molecule has 0 N–H and O–H groups in total. The van der Waals surface area contributed by atoms with E-state index in [4.69, 9.17) is 9.47 Å². The number of aromatic nitrogens is 3. The van der Waals surface area contributed by atoms with Gasteiger partial charge in [-0.1, -0.05) is 35.0 Å². The highest BCUT2D eigenvalue weighted by Gasteiger charge is 2.15. The fraction of sp³-hybridized carbons (Fsp3) is 0.529. The summed E-state index contributed by atoms with van der Waals surface area (Å²) in [6, 6.07) is 8.66. The summed E-state index contributed by atoms with van der Waals surface area (Å²) in [4.78, 5) is 0. The van der Waals surface area contributed by atoms with E-state index in [0.717, 1.165) is 25.1 Å². The Kier molecular flexibility index (Phi) is 4.85. The molecule has 1 aliphatic rings. The van der Waals surface area contributed by atoms with Crippen LogP contribution in [-0.2, 0) is 16.1 Å². The van der Waals surface area contributed by atoms with Crippen LogP contribution in [0.2, 0.25) is 0 Å². The third-order valence-corrected chi connectivity index (χ3v) is 4.07. The van der Waals surface area contributed by atoms with Crippen molar-refractivity contribution in [2.24, 2.45) is 0 Å². The molecule has 1 aliphatic heterocycles. The first kappa shape index (κ1) is 15.2. The van der Waals surface area contributed by atoms with Gasteiger partial charge in [0.15, 0.2) is 6.29 Å². The van der Waals surface area contributed by atoms with Gasteiger partial charge in [-0.25, -0.2) is 4.68 Å². The molecular weight excluding hydrogens is 278 g/mol. The molecule has 1 fully saturated rings. The highest BCUT2D eigenvalue weighted by atomic mass is 16.7. The zero-order valence-electron chi connectivity index (χ0n) is 13.2. The number of aryl methyl sites for hydroxylation is 1. The van der Waals surface area contributed by atoms with Crippen LogP contribution >= 0.6 is 0 Å². The maximum atomic E-state index is 5.75. The van der Waals surface area contributed by atoms with Crippen molar-refractivity contribution in [3.8, 4) is 0 Å². The summed E-state index contributed by atoms with van der Waals surface area (Å²) in [6.07, 6.45) is 5.13. The van der Waals surface area contributed by atoms with E-state index in [2.05, 4.69) is 48.4 Å². The zero-order valence-corrected chi connectivity index (χ0v) is 13.2. The van der Waals surface area contributed by atoms with Gasteiger partial charge in [0.1, 0.15) is 5.69 Å². The van der Waals surface area contributed by atoms with Gasteiger partial charge in [0.2, 0.25) is 0 Å². The van der Waals surface area contributed by atoms with E-state index in [1.54, 1.807) is 0 Å². The SMILES string of the molecule is Cc1ccc([C@H](C)n2cc(COC3CCCCO3)nn2)cc1. The molecular formula is C17H23N3O2. The molecule has 0 saturated carbocycles. The molecule has 118 valence electrons. The van der Waals surface area contributed by atoms with Crippen LogP contribution in [0.1, 0.15) is 49.0 Å². The topological polar surface area (TPSA) is 49.2 Å². The molecule has 5 nitrogen and oxygen atoms in total. The van der Waals surface area contributed by atoms with E-state index in [1.165, 1.54) is 17.5 Å². The van der Waals surface area contributed by atoms with Crippen LogP contribution < -0.4 is 0 Å². The molecule has 0 aliphatic carbocycles. The van der Waals surface area contributed by atoms with Crippen LogP contribution in [0.15, 0.2) is 30.5 Å². The largest absolute Gasteiger partial charge is 0.353 e. The molecule has 1 aromatic carbocycles. The molecule has 3 rings (SSSR count). The molecule has 2 aromatic rings. The van der Waals surface area contributed by atoms with Crippen molar-refractivity contribution in [1.29, 1.82) is 0 Å². The summed E-state index contributed by atoms with van der Waals surface area (Å²) in [5, 5.41) is 8.42. The van der Waals surface area contributed by atoms with Crippen molar-refractivity contribution in [3.05, 3.63) is 47.3 Å². The maximum absolute atomic E-state index is 5.75. The standard InChI is InChI=1S/C17H23N3O2/c1-13-6-8-15(9-7-13)14(2)20-11-16(18-19-20)12-22-17-5-3-4-10-21-17/h6-9,11,14,17H,3-5,10,12H2,1-2H3/t14-,17?/m0/s1. The molecule has 0 amide bonds. The lowest BCUT2D eigenvalue weighted by Gasteiger charge is -2.22. The first-order valence-corrected chi connectivity index (χ1v) is 7.93. The molecule has 0 radical (unpaired) electrons. The average molecular weight is 301 g/mol. The van der Waals surface area contributed by atoms with Gasteiger partial charge in [0.05, 0.1) is 18.8 Å². The lowest BCUT2D eigenvalue weighted by Crippen LogP contribution is -2.22. The van der Waals surface area contributed by atoms with E-state index >= 15 is 0 Å². The van der Waals surface area contributed by atoms with Crippen LogP contribution in [0, 0.1) is 6.92 Å². The summed E-state index contributed by atoms with van der Waals surface area (Å²) >= 11 is 0. The third-order valence-electron chi connectivity index (χ3n) is 4.07. The number of hydrogen-bond acceptors (Lipinski definition) is 4. The highest BCUT2D eigenvalue weighted by Crippen LogP contribution is 2.18. The van der Waals surface area contributed by atoms with E-state index in [1.807, 2.05) is 10.9 Å². The predicted molar refractivity (Wildman–Crippen MR) is 83.4 cm³/mol. The molecule has 22 heavy (non-hydrogen) atoms. The van der Waals surface area contributed by atoms with Crippen LogP contribution in [0.3, 0.4) is 0 Å². The number of benzene rings is 1. The first-order chi connectivity index (χ1) is 10.7.